The molecule has 0 saturated carbocycles. The Morgan fingerprint density at radius 1 is 1.04 bits per heavy atom. The zero-order valence-corrected chi connectivity index (χ0v) is 15.7. The maximum absolute atomic E-state index is 13.8. The van der Waals surface area contributed by atoms with Crippen LogP contribution in [0.4, 0.5) is 8.78 Å². The normalized spacial score (nSPS) is 11.7. The molecule has 0 amide bonds. The standard InChI is InChI=1S/C18H16F2N2O2S2/c1-11-6-3-4-7-13(11)18-22-12(2)16(25-18)10-21-26(23,24)17-14(19)8-5-9-15(17)20/h3-9,21H,10H2,1-2H3. The molecule has 0 radical (unpaired) electrons. The molecule has 0 unspecified atom stereocenters. The third-order valence-corrected chi connectivity index (χ3v) is 6.52. The molecule has 0 aliphatic rings. The summed E-state index contributed by atoms with van der Waals surface area (Å²) in [7, 11) is -4.32. The summed E-state index contributed by atoms with van der Waals surface area (Å²) in [5.41, 5.74) is 2.70. The number of sulfonamides is 1. The Hall–Kier alpha value is -2.16. The Morgan fingerprint density at radius 2 is 1.69 bits per heavy atom. The third kappa shape index (κ3) is 3.67. The SMILES string of the molecule is Cc1ccccc1-c1nc(C)c(CNS(=O)(=O)c2c(F)cccc2F)s1. The van der Waals surface area contributed by atoms with Crippen molar-refractivity contribution in [3.05, 3.63) is 70.2 Å². The highest BCUT2D eigenvalue weighted by molar-refractivity contribution is 7.89. The summed E-state index contributed by atoms with van der Waals surface area (Å²) < 4.78 is 54.3. The molecule has 0 bridgehead atoms. The first kappa shape index (κ1) is 18.6. The van der Waals surface area contributed by atoms with E-state index in [1.54, 1.807) is 6.92 Å². The number of halogens is 2. The van der Waals surface area contributed by atoms with Gasteiger partial charge in [-0.2, -0.15) is 0 Å². The molecule has 2 aromatic carbocycles. The predicted octanol–water partition coefficient (Wildman–Crippen LogP) is 4.18. The highest BCUT2D eigenvalue weighted by atomic mass is 32.2. The molecule has 8 heteroatoms. The van der Waals surface area contributed by atoms with Crippen LogP contribution in [0.25, 0.3) is 10.6 Å². The summed E-state index contributed by atoms with van der Waals surface area (Å²) in [4.78, 5) is 4.20. The number of rotatable bonds is 5. The average Bonchev–Trinajstić information content (AvgIpc) is 2.94. The van der Waals surface area contributed by atoms with Crippen molar-refractivity contribution in [2.75, 3.05) is 0 Å². The summed E-state index contributed by atoms with van der Waals surface area (Å²) in [6.07, 6.45) is 0. The van der Waals surface area contributed by atoms with Gasteiger partial charge in [0.25, 0.3) is 0 Å². The lowest BCUT2D eigenvalue weighted by molar-refractivity contribution is 0.514. The van der Waals surface area contributed by atoms with Crippen LogP contribution in [0.1, 0.15) is 16.1 Å². The first-order valence-corrected chi connectivity index (χ1v) is 10.1. The number of aryl methyl sites for hydroxylation is 2. The maximum atomic E-state index is 13.8. The lowest BCUT2D eigenvalue weighted by Crippen LogP contribution is -2.25. The number of aromatic nitrogens is 1. The molecule has 26 heavy (non-hydrogen) atoms. The largest absolute Gasteiger partial charge is 0.246 e. The quantitative estimate of drug-likeness (QED) is 0.706. The summed E-state index contributed by atoms with van der Waals surface area (Å²) in [5, 5.41) is 0.770. The van der Waals surface area contributed by atoms with Crippen molar-refractivity contribution in [2.24, 2.45) is 0 Å². The van der Waals surface area contributed by atoms with Crippen molar-refractivity contribution in [3.63, 3.8) is 0 Å². The molecule has 0 aliphatic carbocycles. The zero-order chi connectivity index (χ0) is 18.9. The number of nitrogens with zero attached hydrogens (tertiary/aromatic N) is 1. The van der Waals surface area contributed by atoms with E-state index < -0.39 is 26.6 Å². The molecule has 1 heterocycles. The minimum atomic E-state index is -4.32. The zero-order valence-electron chi connectivity index (χ0n) is 14.1. The molecule has 0 fully saturated rings. The van der Waals surface area contributed by atoms with Gasteiger partial charge in [0, 0.05) is 17.0 Å². The van der Waals surface area contributed by atoms with Crippen molar-refractivity contribution in [3.8, 4) is 10.6 Å². The maximum Gasteiger partial charge on any atom is 0.246 e. The van der Waals surface area contributed by atoms with E-state index in [0.29, 0.717) is 10.6 Å². The Morgan fingerprint density at radius 3 is 2.35 bits per heavy atom. The number of thiazole rings is 1. The van der Waals surface area contributed by atoms with Crippen LogP contribution in [0.2, 0.25) is 0 Å². The van der Waals surface area contributed by atoms with Gasteiger partial charge in [-0.1, -0.05) is 30.3 Å². The molecule has 0 atom stereocenters. The van der Waals surface area contributed by atoms with Crippen LogP contribution in [-0.2, 0) is 16.6 Å². The van der Waals surface area contributed by atoms with E-state index >= 15 is 0 Å². The number of hydrogen-bond acceptors (Lipinski definition) is 4. The molecule has 0 saturated heterocycles. The fraction of sp³-hybridized carbons (Fsp3) is 0.167. The van der Waals surface area contributed by atoms with E-state index in [2.05, 4.69) is 9.71 Å². The smallest absolute Gasteiger partial charge is 0.241 e. The fourth-order valence-corrected chi connectivity index (χ4v) is 4.80. The summed E-state index contributed by atoms with van der Waals surface area (Å²) in [5.74, 6) is -2.25. The molecule has 0 aliphatic heterocycles. The second-order valence-corrected chi connectivity index (χ2v) is 8.51. The molecular formula is C18H16F2N2O2S2. The first-order chi connectivity index (χ1) is 12.3. The monoisotopic (exact) mass is 394 g/mol. The topological polar surface area (TPSA) is 59.1 Å². The van der Waals surface area contributed by atoms with Gasteiger partial charge >= 0.3 is 0 Å². The van der Waals surface area contributed by atoms with E-state index in [1.807, 2.05) is 31.2 Å². The molecule has 136 valence electrons. The minimum absolute atomic E-state index is 0.0918. The van der Waals surface area contributed by atoms with Crippen LogP contribution in [0, 0.1) is 25.5 Å². The lowest BCUT2D eigenvalue weighted by atomic mass is 10.1. The van der Waals surface area contributed by atoms with Gasteiger partial charge in [-0.25, -0.2) is 26.9 Å². The van der Waals surface area contributed by atoms with Gasteiger partial charge in [-0.15, -0.1) is 11.3 Å². The molecule has 0 spiro atoms. The molecule has 4 nitrogen and oxygen atoms in total. The molecule has 1 N–H and O–H groups in total. The van der Waals surface area contributed by atoms with Crippen molar-refractivity contribution >= 4 is 21.4 Å². The van der Waals surface area contributed by atoms with Crippen LogP contribution in [-0.4, -0.2) is 13.4 Å². The van der Waals surface area contributed by atoms with Gasteiger partial charge in [-0.3, -0.25) is 0 Å². The molecular weight excluding hydrogens is 378 g/mol. The Kier molecular flexibility index (Phi) is 5.17. The summed E-state index contributed by atoms with van der Waals surface area (Å²) >= 11 is 1.35. The first-order valence-electron chi connectivity index (χ1n) is 7.75. The number of nitrogens with one attached hydrogen (secondary N) is 1. The van der Waals surface area contributed by atoms with Crippen LogP contribution in [0.5, 0.6) is 0 Å². The van der Waals surface area contributed by atoms with Crippen LogP contribution < -0.4 is 4.72 Å². The number of hydrogen-bond donors (Lipinski definition) is 1. The van der Waals surface area contributed by atoms with Gasteiger partial charge in [0.05, 0.1) is 5.69 Å². The second-order valence-electron chi connectivity index (χ2n) is 5.72. The van der Waals surface area contributed by atoms with E-state index in [9.17, 15) is 17.2 Å². The van der Waals surface area contributed by atoms with Crippen LogP contribution in [0.3, 0.4) is 0 Å². The summed E-state index contributed by atoms with van der Waals surface area (Å²) in [6, 6.07) is 10.7. The fourth-order valence-electron chi connectivity index (χ4n) is 2.49. The Bertz CT molecular complexity index is 1040. The average molecular weight is 394 g/mol. The molecule has 1 aromatic heterocycles. The van der Waals surface area contributed by atoms with Gasteiger partial charge < -0.3 is 0 Å². The molecule has 3 rings (SSSR count). The van der Waals surface area contributed by atoms with Crippen LogP contribution in [0.15, 0.2) is 47.4 Å². The van der Waals surface area contributed by atoms with Crippen molar-refractivity contribution in [1.29, 1.82) is 0 Å². The highest BCUT2D eigenvalue weighted by Crippen LogP contribution is 2.30. The van der Waals surface area contributed by atoms with Crippen molar-refractivity contribution in [2.45, 2.75) is 25.3 Å². The van der Waals surface area contributed by atoms with Gasteiger partial charge in [0.1, 0.15) is 16.6 Å². The predicted molar refractivity (Wildman–Crippen MR) is 97.4 cm³/mol. The minimum Gasteiger partial charge on any atom is -0.241 e. The Balaban J connectivity index is 1.86. The second kappa shape index (κ2) is 7.22. The highest BCUT2D eigenvalue weighted by Gasteiger charge is 2.24. The van der Waals surface area contributed by atoms with E-state index in [1.165, 1.54) is 11.3 Å². The van der Waals surface area contributed by atoms with E-state index in [4.69, 9.17) is 0 Å². The van der Waals surface area contributed by atoms with Gasteiger partial charge in [0.15, 0.2) is 4.90 Å². The third-order valence-electron chi connectivity index (χ3n) is 3.88. The lowest BCUT2D eigenvalue weighted by Gasteiger charge is -2.08. The number of benzene rings is 2. The molecule has 3 aromatic rings. The van der Waals surface area contributed by atoms with Crippen LogP contribution >= 0.6 is 11.3 Å². The van der Waals surface area contributed by atoms with E-state index in [0.717, 1.165) is 34.3 Å². The van der Waals surface area contributed by atoms with Gasteiger partial charge in [0.2, 0.25) is 10.0 Å². The van der Waals surface area contributed by atoms with Crippen molar-refractivity contribution < 1.29 is 17.2 Å². The summed E-state index contributed by atoms with van der Waals surface area (Å²) in [6.45, 7) is 3.65. The van der Waals surface area contributed by atoms with Crippen molar-refractivity contribution in [1.82, 2.24) is 9.71 Å². The van der Waals surface area contributed by atoms with E-state index in [-0.39, 0.29) is 6.54 Å². The Labute approximate surface area is 154 Å². The van der Waals surface area contributed by atoms with Gasteiger partial charge in [-0.05, 0) is 31.5 Å².